The number of carbonyl (C=O) groups is 1. The summed E-state index contributed by atoms with van der Waals surface area (Å²) >= 11 is 0. The van der Waals surface area contributed by atoms with E-state index < -0.39 is 5.97 Å². The van der Waals surface area contributed by atoms with Crippen molar-refractivity contribution in [3.63, 3.8) is 0 Å². The Morgan fingerprint density at radius 3 is 2.71 bits per heavy atom. The molecule has 1 aliphatic carbocycles. The van der Waals surface area contributed by atoms with E-state index in [1.165, 1.54) is 12.1 Å². The molecule has 0 radical (unpaired) electrons. The first-order valence-corrected chi connectivity index (χ1v) is 9.33. The highest BCUT2D eigenvalue weighted by molar-refractivity contribution is 6.06. The summed E-state index contributed by atoms with van der Waals surface area (Å²) in [5, 5.41) is 9.77. The SMILES string of the molecule is O=C(OCCO)c1c2c(nc3ccccc13)/C(=C/c1ccc(F)cc1)CCC2. The van der Waals surface area contributed by atoms with Crippen molar-refractivity contribution in [2.75, 3.05) is 13.2 Å². The number of allylic oxidation sites excluding steroid dienone is 1. The zero-order valence-corrected chi connectivity index (χ0v) is 15.3. The van der Waals surface area contributed by atoms with Crippen LogP contribution < -0.4 is 0 Å². The van der Waals surface area contributed by atoms with Gasteiger partial charge in [-0.15, -0.1) is 0 Å². The van der Waals surface area contributed by atoms with E-state index in [0.717, 1.165) is 52.6 Å². The molecule has 1 aromatic heterocycles. The van der Waals surface area contributed by atoms with Gasteiger partial charge in [0, 0.05) is 5.39 Å². The van der Waals surface area contributed by atoms with Crippen molar-refractivity contribution >= 4 is 28.5 Å². The summed E-state index contributed by atoms with van der Waals surface area (Å²) in [5.74, 6) is -0.712. The first kappa shape index (κ1) is 18.3. The second kappa shape index (κ2) is 7.90. The molecule has 0 saturated heterocycles. The Kier molecular flexibility index (Phi) is 5.17. The minimum Gasteiger partial charge on any atom is -0.460 e. The van der Waals surface area contributed by atoms with Crippen LogP contribution in [0.3, 0.4) is 0 Å². The van der Waals surface area contributed by atoms with Crippen LogP contribution in [0, 0.1) is 5.82 Å². The van der Waals surface area contributed by atoms with Gasteiger partial charge in [-0.3, -0.25) is 0 Å². The molecule has 28 heavy (non-hydrogen) atoms. The predicted octanol–water partition coefficient (Wildman–Crippen LogP) is 4.40. The van der Waals surface area contributed by atoms with Crippen LogP contribution in [0.25, 0.3) is 22.6 Å². The highest BCUT2D eigenvalue weighted by Gasteiger charge is 2.25. The van der Waals surface area contributed by atoms with Gasteiger partial charge in [0.1, 0.15) is 12.4 Å². The van der Waals surface area contributed by atoms with Crippen molar-refractivity contribution in [2.24, 2.45) is 0 Å². The van der Waals surface area contributed by atoms with Gasteiger partial charge in [0.2, 0.25) is 0 Å². The Morgan fingerprint density at radius 2 is 1.93 bits per heavy atom. The van der Waals surface area contributed by atoms with Crippen molar-refractivity contribution in [1.82, 2.24) is 4.98 Å². The number of halogens is 1. The Bertz CT molecular complexity index is 1060. The molecule has 2 aromatic carbocycles. The number of fused-ring (bicyclic) bond motifs is 2. The molecule has 0 amide bonds. The van der Waals surface area contributed by atoms with E-state index in [-0.39, 0.29) is 19.0 Å². The van der Waals surface area contributed by atoms with Gasteiger partial charge in [0.05, 0.1) is 23.4 Å². The molecule has 142 valence electrons. The highest BCUT2D eigenvalue weighted by Crippen LogP contribution is 2.36. The maximum atomic E-state index is 13.2. The summed E-state index contributed by atoms with van der Waals surface area (Å²) in [6.45, 7) is -0.255. The lowest BCUT2D eigenvalue weighted by atomic mass is 9.86. The molecule has 0 saturated carbocycles. The average molecular weight is 377 g/mol. The maximum absolute atomic E-state index is 13.2. The number of aliphatic hydroxyl groups is 1. The molecule has 0 atom stereocenters. The molecule has 4 rings (SSSR count). The van der Waals surface area contributed by atoms with Crippen molar-refractivity contribution in [3.8, 4) is 0 Å². The van der Waals surface area contributed by atoms with E-state index in [9.17, 15) is 9.18 Å². The zero-order chi connectivity index (χ0) is 19.5. The van der Waals surface area contributed by atoms with E-state index >= 15 is 0 Å². The minimum absolute atomic E-state index is 0.0392. The molecule has 1 N–H and O–H groups in total. The van der Waals surface area contributed by atoms with E-state index in [0.29, 0.717) is 5.56 Å². The normalized spacial score (nSPS) is 14.9. The Morgan fingerprint density at radius 1 is 1.14 bits per heavy atom. The number of ether oxygens (including phenoxy) is 1. The number of aromatic nitrogens is 1. The van der Waals surface area contributed by atoms with Gasteiger partial charge in [0.25, 0.3) is 0 Å². The van der Waals surface area contributed by atoms with E-state index in [1.807, 2.05) is 30.3 Å². The number of rotatable bonds is 4. The standard InChI is InChI=1S/C23H20FNO3/c24-17-10-8-15(9-11-17)14-16-4-3-6-19-21(23(27)28-13-12-26)18-5-1-2-7-20(18)25-22(16)19/h1-2,5,7-11,14,26H,3-4,6,12-13H2/b16-14+. The Balaban J connectivity index is 1.88. The van der Waals surface area contributed by atoms with E-state index in [1.54, 1.807) is 12.1 Å². The van der Waals surface area contributed by atoms with Crippen LogP contribution >= 0.6 is 0 Å². The minimum atomic E-state index is -0.438. The Labute approximate surface area is 162 Å². The number of benzene rings is 2. The molecular formula is C23H20FNO3. The molecule has 0 aliphatic heterocycles. The van der Waals surface area contributed by atoms with Crippen LogP contribution in [0.15, 0.2) is 48.5 Å². The van der Waals surface area contributed by atoms with Gasteiger partial charge in [-0.05, 0) is 60.2 Å². The maximum Gasteiger partial charge on any atom is 0.339 e. The third kappa shape index (κ3) is 3.53. The smallest absolute Gasteiger partial charge is 0.339 e. The van der Waals surface area contributed by atoms with Gasteiger partial charge in [0.15, 0.2) is 0 Å². The van der Waals surface area contributed by atoms with E-state index in [2.05, 4.69) is 0 Å². The predicted molar refractivity (Wildman–Crippen MR) is 106 cm³/mol. The van der Waals surface area contributed by atoms with Gasteiger partial charge < -0.3 is 9.84 Å². The molecule has 1 aliphatic rings. The van der Waals surface area contributed by atoms with Gasteiger partial charge in [-0.2, -0.15) is 0 Å². The molecule has 3 aromatic rings. The van der Waals surface area contributed by atoms with Crippen molar-refractivity contribution in [3.05, 3.63) is 76.7 Å². The van der Waals surface area contributed by atoms with Gasteiger partial charge >= 0.3 is 5.97 Å². The highest BCUT2D eigenvalue weighted by atomic mass is 19.1. The van der Waals surface area contributed by atoms with Crippen molar-refractivity contribution in [1.29, 1.82) is 0 Å². The molecule has 5 heteroatoms. The molecule has 0 unspecified atom stereocenters. The molecule has 4 nitrogen and oxygen atoms in total. The largest absolute Gasteiger partial charge is 0.460 e. The monoisotopic (exact) mass is 377 g/mol. The fourth-order valence-corrected chi connectivity index (χ4v) is 3.68. The number of hydrogen-bond donors (Lipinski definition) is 1. The second-order valence-electron chi connectivity index (χ2n) is 6.77. The molecule has 0 bridgehead atoms. The number of pyridine rings is 1. The Hall–Kier alpha value is -3.05. The summed E-state index contributed by atoms with van der Waals surface area (Å²) in [6, 6.07) is 13.8. The first-order valence-electron chi connectivity index (χ1n) is 9.33. The molecular weight excluding hydrogens is 357 g/mol. The summed E-state index contributed by atoms with van der Waals surface area (Å²) in [5.41, 5.74) is 4.84. The number of para-hydroxylation sites is 1. The lowest BCUT2D eigenvalue weighted by molar-refractivity contribution is 0.0434. The third-order valence-electron chi connectivity index (χ3n) is 4.91. The topological polar surface area (TPSA) is 59.4 Å². The van der Waals surface area contributed by atoms with Crippen LogP contribution in [-0.2, 0) is 11.2 Å². The van der Waals surface area contributed by atoms with Crippen molar-refractivity contribution < 1.29 is 19.0 Å². The van der Waals surface area contributed by atoms with Crippen LogP contribution in [0.4, 0.5) is 4.39 Å². The van der Waals surface area contributed by atoms with Crippen LogP contribution in [0.2, 0.25) is 0 Å². The molecule has 1 heterocycles. The molecule has 0 fully saturated rings. The first-order chi connectivity index (χ1) is 13.7. The quantitative estimate of drug-likeness (QED) is 0.685. The van der Waals surface area contributed by atoms with Crippen molar-refractivity contribution in [2.45, 2.75) is 19.3 Å². The fourth-order valence-electron chi connectivity index (χ4n) is 3.68. The number of aliphatic hydroxyl groups excluding tert-OH is 1. The number of esters is 1. The summed E-state index contributed by atoms with van der Waals surface area (Å²) in [7, 11) is 0. The third-order valence-corrected chi connectivity index (χ3v) is 4.91. The average Bonchev–Trinajstić information content (AvgIpc) is 2.72. The zero-order valence-electron chi connectivity index (χ0n) is 15.3. The molecule has 0 spiro atoms. The number of nitrogens with zero attached hydrogens (tertiary/aromatic N) is 1. The van der Waals surface area contributed by atoms with Crippen LogP contribution in [0.1, 0.15) is 40.0 Å². The van der Waals surface area contributed by atoms with Gasteiger partial charge in [-0.25, -0.2) is 14.2 Å². The number of carbonyl (C=O) groups excluding carboxylic acids is 1. The lowest BCUT2D eigenvalue weighted by Crippen LogP contribution is -2.16. The fraction of sp³-hybridized carbons (Fsp3) is 0.217. The summed E-state index contributed by atoms with van der Waals surface area (Å²) in [4.78, 5) is 17.6. The van der Waals surface area contributed by atoms with Gasteiger partial charge in [-0.1, -0.05) is 30.3 Å². The van der Waals surface area contributed by atoms with Crippen LogP contribution in [0.5, 0.6) is 0 Å². The summed E-state index contributed by atoms with van der Waals surface area (Å²) in [6.07, 6.45) is 4.46. The van der Waals surface area contributed by atoms with Crippen LogP contribution in [-0.4, -0.2) is 29.3 Å². The number of hydrogen-bond acceptors (Lipinski definition) is 4. The lowest BCUT2D eigenvalue weighted by Gasteiger charge is -2.22. The summed E-state index contributed by atoms with van der Waals surface area (Å²) < 4.78 is 18.5. The second-order valence-corrected chi connectivity index (χ2v) is 6.77. The van der Waals surface area contributed by atoms with E-state index in [4.69, 9.17) is 14.8 Å².